The summed E-state index contributed by atoms with van der Waals surface area (Å²) in [4.78, 5) is 28.9. The number of aromatic nitrogens is 5. The maximum absolute atomic E-state index is 13.2. The summed E-state index contributed by atoms with van der Waals surface area (Å²) in [7, 11) is 3.29. The maximum Gasteiger partial charge on any atom is 0.319 e. The van der Waals surface area contributed by atoms with Gasteiger partial charge >= 0.3 is 6.01 Å². The first-order valence-electron chi connectivity index (χ1n) is 13.4. The Morgan fingerprint density at radius 3 is 2.74 bits per heavy atom. The van der Waals surface area contributed by atoms with Crippen molar-refractivity contribution in [1.29, 1.82) is 0 Å². The number of fused-ring (bicyclic) bond motifs is 1. The van der Waals surface area contributed by atoms with E-state index in [1.54, 1.807) is 26.5 Å². The van der Waals surface area contributed by atoms with Gasteiger partial charge in [0.25, 0.3) is 5.91 Å². The molecule has 1 aliphatic heterocycles. The van der Waals surface area contributed by atoms with Gasteiger partial charge in [-0.15, -0.1) is 0 Å². The van der Waals surface area contributed by atoms with Crippen LogP contribution in [0.2, 0.25) is 0 Å². The van der Waals surface area contributed by atoms with Gasteiger partial charge in [-0.05, 0) is 44.6 Å². The SMILES string of the molecule is COC[C@@H](C)Oc1nc(C(=O)N[C@@H]2CCC[C@@H]2C)cc(N2CCC(c3n[nH]c4nccc(OC)c34)CC2)n1. The summed E-state index contributed by atoms with van der Waals surface area (Å²) in [5.41, 5.74) is 2.04. The van der Waals surface area contributed by atoms with Gasteiger partial charge in [0.2, 0.25) is 0 Å². The van der Waals surface area contributed by atoms with Crippen LogP contribution in [-0.4, -0.2) is 77.1 Å². The van der Waals surface area contributed by atoms with E-state index in [1.165, 1.54) is 0 Å². The van der Waals surface area contributed by atoms with Crippen LogP contribution in [0, 0.1) is 5.92 Å². The second kappa shape index (κ2) is 11.5. The van der Waals surface area contributed by atoms with E-state index >= 15 is 0 Å². The minimum absolute atomic E-state index is 0.170. The number of nitrogens with one attached hydrogen (secondary N) is 2. The summed E-state index contributed by atoms with van der Waals surface area (Å²) in [5.74, 6) is 1.99. The molecule has 0 spiro atoms. The van der Waals surface area contributed by atoms with Crippen molar-refractivity contribution in [2.75, 3.05) is 38.8 Å². The van der Waals surface area contributed by atoms with E-state index in [9.17, 15) is 4.79 Å². The van der Waals surface area contributed by atoms with Gasteiger partial charge < -0.3 is 24.4 Å². The molecular formula is C27H37N7O4. The number of amides is 1. The molecule has 3 aromatic heterocycles. The highest BCUT2D eigenvalue weighted by atomic mass is 16.5. The number of carbonyl (C=O) groups excluding carboxylic acids is 1. The van der Waals surface area contributed by atoms with E-state index in [-0.39, 0.29) is 30.0 Å². The minimum Gasteiger partial charge on any atom is -0.496 e. The van der Waals surface area contributed by atoms with Crippen molar-refractivity contribution in [3.63, 3.8) is 0 Å². The van der Waals surface area contributed by atoms with E-state index in [0.29, 0.717) is 24.0 Å². The average molecular weight is 524 g/mol. The van der Waals surface area contributed by atoms with Crippen molar-refractivity contribution in [1.82, 2.24) is 30.5 Å². The van der Waals surface area contributed by atoms with Gasteiger partial charge in [0.1, 0.15) is 23.4 Å². The number of hydrogen-bond donors (Lipinski definition) is 2. The summed E-state index contributed by atoms with van der Waals surface area (Å²) in [5, 5.41) is 11.7. The standard InChI is InChI=1S/C27H37N7O4/c1-16-6-5-7-19(16)29-26(35)20-14-22(31-27(30-20)38-17(2)15-36-3)34-12-9-18(10-13-34)24-23-21(37-4)8-11-28-25(23)33-32-24/h8,11,14,16-19H,5-7,9-10,12-13,15H2,1-4H3,(H,29,35)(H,28,32,33)/t16-,17+,19+/m0/s1. The molecule has 2 fully saturated rings. The Balaban J connectivity index is 1.35. The van der Waals surface area contributed by atoms with Gasteiger partial charge in [-0.3, -0.25) is 9.89 Å². The second-order valence-corrected chi connectivity index (χ2v) is 10.4. The predicted octanol–water partition coefficient (Wildman–Crippen LogP) is 3.47. The molecule has 11 nitrogen and oxygen atoms in total. The quantitative estimate of drug-likeness (QED) is 0.433. The van der Waals surface area contributed by atoms with E-state index < -0.39 is 0 Å². The Hall–Kier alpha value is -3.47. The van der Waals surface area contributed by atoms with Crippen molar-refractivity contribution in [2.24, 2.45) is 5.92 Å². The molecule has 204 valence electrons. The Kier molecular flexibility index (Phi) is 7.92. The number of pyridine rings is 1. The zero-order valence-electron chi connectivity index (χ0n) is 22.6. The summed E-state index contributed by atoms with van der Waals surface area (Å²) in [6.45, 7) is 5.99. The van der Waals surface area contributed by atoms with Crippen molar-refractivity contribution in [3.8, 4) is 11.8 Å². The number of hydrogen-bond acceptors (Lipinski definition) is 9. The van der Waals surface area contributed by atoms with Crippen LogP contribution >= 0.6 is 0 Å². The minimum atomic E-state index is -0.247. The maximum atomic E-state index is 13.2. The number of nitrogens with zero attached hydrogens (tertiary/aromatic N) is 5. The highest BCUT2D eigenvalue weighted by Gasteiger charge is 2.29. The Bertz CT molecular complexity index is 1260. The van der Waals surface area contributed by atoms with E-state index in [0.717, 1.165) is 67.7 Å². The lowest BCUT2D eigenvalue weighted by Gasteiger charge is -2.32. The molecule has 0 bridgehead atoms. The fourth-order valence-corrected chi connectivity index (χ4v) is 5.59. The van der Waals surface area contributed by atoms with Crippen LogP contribution in [0.5, 0.6) is 11.8 Å². The third kappa shape index (κ3) is 5.52. The van der Waals surface area contributed by atoms with Gasteiger partial charge in [-0.1, -0.05) is 13.3 Å². The Labute approximate surface area is 222 Å². The molecule has 1 aliphatic carbocycles. The first kappa shape index (κ1) is 26.1. The van der Waals surface area contributed by atoms with Gasteiger partial charge in [0, 0.05) is 44.4 Å². The number of rotatable bonds is 9. The monoisotopic (exact) mass is 523 g/mol. The molecule has 0 radical (unpaired) electrons. The summed E-state index contributed by atoms with van der Waals surface area (Å²) < 4.78 is 16.7. The molecule has 1 amide bonds. The molecule has 11 heteroatoms. The number of methoxy groups -OCH3 is 2. The summed E-state index contributed by atoms with van der Waals surface area (Å²) in [6, 6.07) is 4.00. The van der Waals surface area contributed by atoms with Gasteiger partial charge in [-0.25, -0.2) is 4.98 Å². The van der Waals surface area contributed by atoms with Crippen LogP contribution in [0.25, 0.3) is 11.0 Å². The van der Waals surface area contributed by atoms with E-state index in [1.807, 2.05) is 13.0 Å². The van der Waals surface area contributed by atoms with Crippen LogP contribution in [0.4, 0.5) is 5.82 Å². The van der Waals surface area contributed by atoms with Crippen LogP contribution in [0.15, 0.2) is 18.3 Å². The topological polar surface area (TPSA) is 127 Å². The lowest BCUT2D eigenvalue weighted by molar-refractivity contribution is 0.0840. The van der Waals surface area contributed by atoms with Crippen molar-refractivity contribution >= 4 is 22.8 Å². The summed E-state index contributed by atoms with van der Waals surface area (Å²) >= 11 is 0. The molecule has 1 saturated heterocycles. The van der Waals surface area contributed by atoms with Gasteiger partial charge in [-0.2, -0.15) is 15.1 Å². The number of aromatic amines is 1. The van der Waals surface area contributed by atoms with Gasteiger partial charge in [0.15, 0.2) is 5.65 Å². The van der Waals surface area contributed by atoms with Crippen LogP contribution < -0.4 is 19.7 Å². The Morgan fingerprint density at radius 2 is 2.03 bits per heavy atom. The third-order valence-corrected chi connectivity index (χ3v) is 7.69. The predicted molar refractivity (Wildman–Crippen MR) is 143 cm³/mol. The molecule has 38 heavy (non-hydrogen) atoms. The van der Waals surface area contributed by atoms with Crippen LogP contribution in [-0.2, 0) is 4.74 Å². The molecule has 4 heterocycles. The molecule has 2 aliphatic rings. The highest BCUT2D eigenvalue weighted by Crippen LogP contribution is 2.36. The smallest absolute Gasteiger partial charge is 0.319 e. The third-order valence-electron chi connectivity index (χ3n) is 7.69. The number of H-pyrrole nitrogens is 1. The first-order chi connectivity index (χ1) is 18.5. The Morgan fingerprint density at radius 1 is 1.21 bits per heavy atom. The molecule has 0 unspecified atom stereocenters. The molecule has 0 aromatic carbocycles. The zero-order chi connectivity index (χ0) is 26.6. The van der Waals surface area contributed by atoms with Crippen molar-refractivity contribution < 1.29 is 19.0 Å². The van der Waals surface area contributed by atoms with Crippen molar-refractivity contribution in [2.45, 2.75) is 64.0 Å². The number of piperidine rings is 1. The number of anilines is 1. The van der Waals surface area contributed by atoms with Gasteiger partial charge in [0.05, 0.1) is 24.8 Å². The largest absolute Gasteiger partial charge is 0.496 e. The normalized spacial score (nSPS) is 21.0. The lowest BCUT2D eigenvalue weighted by atomic mass is 9.92. The van der Waals surface area contributed by atoms with E-state index in [2.05, 4.69) is 42.3 Å². The lowest BCUT2D eigenvalue weighted by Crippen LogP contribution is -2.38. The molecule has 3 aromatic rings. The highest BCUT2D eigenvalue weighted by molar-refractivity contribution is 5.93. The molecule has 5 rings (SSSR count). The zero-order valence-corrected chi connectivity index (χ0v) is 22.6. The fourth-order valence-electron chi connectivity index (χ4n) is 5.59. The second-order valence-electron chi connectivity index (χ2n) is 10.4. The van der Waals surface area contributed by atoms with Crippen molar-refractivity contribution in [3.05, 3.63) is 29.7 Å². The number of carbonyl (C=O) groups is 1. The van der Waals surface area contributed by atoms with E-state index in [4.69, 9.17) is 14.2 Å². The number of ether oxygens (including phenoxy) is 3. The first-order valence-corrected chi connectivity index (χ1v) is 13.4. The fraction of sp³-hybridized carbons (Fsp3) is 0.593. The molecular weight excluding hydrogens is 486 g/mol. The molecule has 3 atom stereocenters. The molecule has 1 saturated carbocycles. The average Bonchev–Trinajstić information content (AvgIpc) is 3.54. The summed E-state index contributed by atoms with van der Waals surface area (Å²) in [6.07, 6.45) is 6.48. The molecule has 2 N–H and O–H groups in total. The van der Waals surface area contributed by atoms with Crippen LogP contribution in [0.1, 0.15) is 68.1 Å². The van der Waals surface area contributed by atoms with Crippen LogP contribution in [0.3, 0.4) is 0 Å².